The van der Waals surface area contributed by atoms with E-state index in [1.54, 1.807) is 6.07 Å². The Hall–Kier alpha value is -2.55. The molecule has 1 saturated heterocycles. The molecule has 8 nitrogen and oxygen atoms in total. The Kier molecular flexibility index (Phi) is 6.02. The van der Waals surface area contributed by atoms with Crippen molar-refractivity contribution in [1.29, 1.82) is 0 Å². The first-order valence-electron chi connectivity index (χ1n) is 7.51. The number of carbonyl (C=O) groups is 2. The number of nitrogens with one attached hydrogen (secondary N) is 1. The summed E-state index contributed by atoms with van der Waals surface area (Å²) in [5.74, 6) is -1.06. The molecule has 0 spiro atoms. The van der Waals surface area contributed by atoms with Gasteiger partial charge in [0.25, 0.3) is 5.91 Å². The Morgan fingerprint density at radius 2 is 2.16 bits per heavy atom. The van der Waals surface area contributed by atoms with Crippen molar-refractivity contribution in [2.45, 2.75) is 12.5 Å². The molecule has 1 atom stereocenters. The van der Waals surface area contributed by atoms with E-state index in [1.165, 1.54) is 25.3 Å². The van der Waals surface area contributed by atoms with E-state index in [0.29, 0.717) is 12.0 Å². The minimum atomic E-state index is -3.08. The van der Waals surface area contributed by atoms with Gasteiger partial charge in [0.15, 0.2) is 27.9 Å². The molecule has 25 heavy (non-hydrogen) atoms. The highest BCUT2D eigenvalue weighted by molar-refractivity contribution is 7.91. The summed E-state index contributed by atoms with van der Waals surface area (Å²) in [4.78, 5) is 23.3. The number of methoxy groups -OCH3 is 1. The minimum Gasteiger partial charge on any atom is -0.504 e. The van der Waals surface area contributed by atoms with Crippen LogP contribution < -0.4 is 10.1 Å². The highest BCUT2D eigenvalue weighted by atomic mass is 32.2. The molecule has 1 aliphatic heterocycles. The third-order valence-electron chi connectivity index (χ3n) is 3.56. The van der Waals surface area contributed by atoms with Gasteiger partial charge in [0, 0.05) is 12.1 Å². The predicted octanol–water partition coefficient (Wildman–Crippen LogP) is 0.261. The molecule has 136 valence electrons. The average Bonchev–Trinajstić information content (AvgIpc) is 2.90. The fourth-order valence-corrected chi connectivity index (χ4v) is 4.00. The first-order valence-corrected chi connectivity index (χ1v) is 9.33. The van der Waals surface area contributed by atoms with Gasteiger partial charge in [0.2, 0.25) is 0 Å². The van der Waals surface area contributed by atoms with Crippen molar-refractivity contribution < 1.29 is 32.6 Å². The number of amides is 1. The van der Waals surface area contributed by atoms with E-state index in [-0.39, 0.29) is 23.0 Å². The van der Waals surface area contributed by atoms with Gasteiger partial charge in [-0.3, -0.25) is 4.79 Å². The lowest BCUT2D eigenvalue weighted by molar-refractivity contribution is -0.143. The van der Waals surface area contributed by atoms with E-state index in [9.17, 15) is 23.1 Å². The Bertz CT molecular complexity index is 786. The lowest BCUT2D eigenvalue weighted by atomic mass is 10.2. The van der Waals surface area contributed by atoms with Gasteiger partial charge in [-0.1, -0.05) is 6.07 Å². The van der Waals surface area contributed by atoms with Gasteiger partial charge in [0.05, 0.1) is 18.6 Å². The number of hydrogen-bond acceptors (Lipinski definition) is 7. The summed E-state index contributed by atoms with van der Waals surface area (Å²) in [5.41, 5.74) is 0.604. The van der Waals surface area contributed by atoms with Crippen LogP contribution in [0.5, 0.6) is 11.5 Å². The Balaban J connectivity index is 1.79. The largest absolute Gasteiger partial charge is 0.504 e. The average molecular weight is 369 g/mol. The topological polar surface area (TPSA) is 119 Å². The Labute approximate surface area is 145 Å². The molecule has 1 aliphatic rings. The second-order valence-corrected chi connectivity index (χ2v) is 7.77. The molecule has 0 radical (unpaired) electrons. The molecule has 1 fully saturated rings. The molecule has 0 aromatic heterocycles. The second-order valence-electron chi connectivity index (χ2n) is 5.54. The molecule has 2 rings (SSSR count). The van der Waals surface area contributed by atoms with Crippen molar-refractivity contribution in [3.05, 3.63) is 29.8 Å². The number of sulfone groups is 1. The summed E-state index contributed by atoms with van der Waals surface area (Å²) in [6.45, 7) is -0.487. The number of phenols is 1. The Morgan fingerprint density at radius 3 is 2.80 bits per heavy atom. The summed E-state index contributed by atoms with van der Waals surface area (Å²) in [5, 5.41) is 12.0. The third-order valence-corrected chi connectivity index (χ3v) is 5.33. The maximum absolute atomic E-state index is 11.7. The van der Waals surface area contributed by atoms with Gasteiger partial charge in [-0.2, -0.15) is 0 Å². The molecule has 0 saturated carbocycles. The van der Waals surface area contributed by atoms with E-state index in [4.69, 9.17) is 9.47 Å². The number of benzene rings is 1. The lowest BCUT2D eigenvalue weighted by Crippen LogP contribution is -2.38. The SMILES string of the molecule is COc1cc(/C=C/C(=O)OCC(=O)N[C@H]2CCS(=O)(=O)C2)ccc1O. The number of esters is 1. The van der Waals surface area contributed by atoms with Crippen molar-refractivity contribution in [2.75, 3.05) is 25.2 Å². The number of hydrogen-bond donors (Lipinski definition) is 2. The summed E-state index contributed by atoms with van der Waals surface area (Å²) in [6, 6.07) is 4.10. The van der Waals surface area contributed by atoms with Gasteiger partial charge in [0.1, 0.15) is 0 Å². The molecule has 1 aromatic carbocycles. The molecule has 0 aliphatic carbocycles. The summed E-state index contributed by atoms with van der Waals surface area (Å²) in [7, 11) is -1.67. The van der Waals surface area contributed by atoms with Gasteiger partial charge in [-0.05, 0) is 30.2 Å². The normalized spacial score (nSPS) is 18.8. The molecule has 0 bridgehead atoms. The van der Waals surface area contributed by atoms with Crippen LogP contribution in [0.3, 0.4) is 0 Å². The first kappa shape index (κ1) is 18.8. The van der Waals surface area contributed by atoms with Crippen LogP contribution >= 0.6 is 0 Å². The number of rotatable bonds is 6. The van der Waals surface area contributed by atoms with Gasteiger partial charge >= 0.3 is 5.97 Å². The maximum Gasteiger partial charge on any atom is 0.331 e. The van der Waals surface area contributed by atoms with Crippen LogP contribution in [0.25, 0.3) is 6.08 Å². The van der Waals surface area contributed by atoms with Gasteiger partial charge in [-0.15, -0.1) is 0 Å². The molecular weight excluding hydrogens is 350 g/mol. The zero-order valence-electron chi connectivity index (χ0n) is 13.6. The number of aromatic hydroxyl groups is 1. The molecule has 1 heterocycles. The van der Waals surface area contributed by atoms with Crippen LogP contribution in [-0.2, 0) is 24.2 Å². The zero-order chi connectivity index (χ0) is 18.4. The zero-order valence-corrected chi connectivity index (χ0v) is 14.4. The fourth-order valence-electron chi connectivity index (χ4n) is 2.33. The number of phenolic OH excluding ortho intramolecular Hbond substituents is 1. The molecule has 1 amide bonds. The van der Waals surface area contributed by atoms with Crippen molar-refractivity contribution in [1.82, 2.24) is 5.32 Å². The second kappa shape index (κ2) is 8.02. The van der Waals surface area contributed by atoms with E-state index in [2.05, 4.69) is 5.32 Å². The van der Waals surface area contributed by atoms with E-state index in [0.717, 1.165) is 6.08 Å². The maximum atomic E-state index is 11.7. The van der Waals surface area contributed by atoms with Crippen LogP contribution in [0.1, 0.15) is 12.0 Å². The molecular formula is C16H19NO7S. The van der Waals surface area contributed by atoms with E-state index in [1.807, 2.05) is 0 Å². The van der Waals surface area contributed by atoms with E-state index >= 15 is 0 Å². The quantitative estimate of drug-likeness (QED) is 0.545. The van der Waals surface area contributed by atoms with Crippen LogP contribution in [0.15, 0.2) is 24.3 Å². The van der Waals surface area contributed by atoms with Crippen LogP contribution in [0.2, 0.25) is 0 Å². The van der Waals surface area contributed by atoms with E-state index < -0.39 is 34.4 Å². The third kappa shape index (κ3) is 5.79. The van der Waals surface area contributed by atoms with Crippen molar-refractivity contribution >= 4 is 27.8 Å². The first-order chi connectivity index (χ1) is 11.8. The molecule has 9 heteroatoms. The standard InChI is InChI=1S/C16H19NO7S/c1-23-14-8-11(2-4-13(14)18)3-5-16(20)24-9-15(19)17-12-6-7-25(21,22)10-12/h2-5,8,12,18H,6-7,9-10H2,1H3,(H,17,19)/b5-3+/t12-/m0/s1. The molecule has 0 unspecified atom stereocenters. The van der Waals surface area contributed by atoms with Crippen molar-refractivity contribution in [3.63, 3.8) is 0 Å². The highest BCUT2D eigenvalue weighted by Gasteiger charge is 2.28. The molecule has 1 aromatic rings. The van der Waals surface area contributed by atoms with Crippen molar-refractivity contribution in [3.8, 4) is 11.5 Å². The van der Waals surface area contributed by atoms with Gasteiger partial charge in [-0.25, -0.2) is 13.2 Å². The van der Waals surface area contributed by atoms with Crippen molar-refractivity contribution in [2.24, 2.45) is 0 Å². The minimum absolute atomic E-state index is 0.0205. The van der Waals surface area contributed by atoms with Crippen LogP contribution in [0, 0.1) is 0 Å². The summed E-state index contributed by atoms with van der Waals surface area (Å²) < 4.78 is 32.4. The lowest BCUT2D eigenvalue weighted by Gasteiger charge is -2.10. The summed E-state index contributed by atoms with van der Waals surface area (Å²) in [6.07, 6.45) is 2.95. The smallest absolute Gasteiger partial charge is 0.331 e. The van der Waals surface area contributed by atoms with Gasteiger partial charge < -0.3 is 19.9 Å². The Morgan fingerprint density at radius 1 is 1.40 bits per heavy atom. The number of carbonyl (C=O) groups excluding carboxylic acids is 2. The molecule has 2 N–H and O–H groups in total. The van der Waals surface area contributed by atoms with Crippen LogP contribution in [0.4, 0.5) is 0 Å². The summed E-state index contributed by atoms with van der Waals surface area (Å²) >= 11 is 0. The number of ether oxygens (including phenoxy) is 2. The highest BCUT2D eigenvalue weighted by Crippen LogP contribution is 2.26. The monoisotopic (exact) mass is 369 g/mol. The fraction of sp³-hybridized carbons (Fsp3) is 0.375. The van der Waals surface area contributed by atoms with Crippen LogP contribution in [-0.4, -0.2) is 56.7 Å². The predicted molar refractivity (Wildman–Crippen MR) is 89.9 cm³/mol.